The second-order valence-electron chi connectivity index (χ2n) is 4.42. The average Bonchev–Trinajstić information content (AvgIpc) is 2.93. The van der Waals surface area contributed by atoms with Crippen LogP contribution in [0.5, 0.6) is 5.75 Å². The highest BCUT2D eigenvalue weighted by Gasteiger charge is 2.07. The molecule has 0 aliphatic carbocycles. The van der Waals surface area contributed by atoms with Gasteiger partial charge in [-0.05, 0) is 25.1 Å². The van der Waals surface area contributed by atoms with E-state index in [-0.39, 0.29) is 0 Å². The lowest BCUT2D eigenvalue weighted by Crippen LogP contribution is -2.01. The Kier molecular flexibility index (Phi) is 4.07. The summed E-state index contributed by atoms with van der Waals surface area (Å²) in [5.41, 5.74) is 1.99. The Morgan fingerprint density at radius 1 is 1.24 bits per heavy atom. The van der Waals surface area contributed by atoms with Crippen molar-refractivity contribution in [1.82, 2.24) is 15.0 Å². The van der Waals surface area contributed by atoms with Crippen molar-refractivity contribution in [3.05, 3.63) is 59.5 Å². The van der Waals surface area contributed by atoms with Crippen molar-refractivity contribution in [3.8, 4) is 5.75 Å². The summed E-state index contributed by atoms with van der Waals surface area (Å²) in [6.45, 7) is 2.41. The van der Waals surface area contributed by atoms with E-state index >= 15 is 0 Å². The maximum atomic E-state index is 5.81. The molecule has 0 atom stereocenters. The molecular weight excluding hydrogens is 284 g/mol. The number of thiazole rings is 1. The minimum absolute atomic E-state index is 0.450. The van der Waals surface area contributed by atoms with Gasteiger partial charge in [0.05, 0.1) is 5.69 Å². The Morgan fingerprint density at radius 3 is 2.90 bits per heavy atom. The van der Waals surface area contributed by atoms with Gasteiger partial charge in [-0.15, -0.1) is 11.3 Å². The summed E-state index contributed by atoms with van der Waals surface area (Å²) < 4.78 is 5.81. The molecule has 0 radical (unpaired) electrons. The van der Waals surface area contributed by atoms with Gasteiger partial charge in [0, 0.05) is 29.5 Å². The largest absolute Gasteiger partial charge is 0.485 e. The molecule has 0 aliphatic rings. The second-order valence-corrected chi connectivity index (χ2v) is 5.28. The van der Waals surface area contributed by atoms with Gasteiger partial charge in [-0.2, -0.15) is 0 Å². The summed E-state index contributed by atoms with van der Waals surface area (Å²) in [5, 5.41) is 5.98. The monoisotopic (exact) mass is 298 g/mol. The average molecular weight is 298 g/mol. The Morgan fingerprint density at radius 2 is 2.14 bits per heavy atom. The minimum atomic E-state index is 0.450. The lowest BCUT2D eigenvalue weighted by atomic mass is 10.3. The van der Waals surface area contributed by atoms with Crippen LogP contribution >= 0.6 is 11.3 Å². The van der Waals surface area contributed by atoms with E-state index in [1.165, 1.54) is 11.3 Å². The normalized spacial score (nSPS) is 10.3. The SMILES string of the molecule is Cc1csc(Nc2ncccc2OCc2cccnc2)n1. The van der Waals surface area contributed by atoms with Crippen LogP contribution < -0.4 is 10.1 Å². The lowest BCUT2D eigenvalue weighted by Gasteiger charge is -2.10. The van der Waals surface area contributed by atoms with Crippen molar-refractivity contribution in [2.75, 3.05) is 5.32 Å². The predicted octanol–water partition coefficient (Wildman–Crippen LogP) is 3.56. The second kappa shape index (κ2) is 6.32. The highest BCUT2D eigenvalue weighted by Crippen LogP contribution is 2.27. The Labute approximate surface area is 126 Å². The van der Waals surface area contributed by atoms with Gasteiger partial charge < -0.3 is 10.1 Å². The quantitative estimate of drug-likeness (QED) is 0.780. The summed E-state index contributed by atoms with van der Waals surface area (Å²) in [5.74, 6) is 1.35. The van der Waals surface area contributed by atoms with E-state index in [4.69, 9.17) is 4.74 Å². The molecule has 0 saturated carbocycles. The first-order valence-electron chi connectivity index (χ1n) is 6.47. The third-order valence-corrected chi connectivity index (χ3v) is 3.61. The maximum Gasteiger partial charge on any atom is 0.188 e. The van der Waals surface area contributed by atoms with Crippen molar-refractivity contribution in [3.63, 3.8) is 0 Å². The van der Waals surface area contributed by atoms with Crippen LogP contribution in [-0.2, 0) is 6.61 Å². The number of hydrogen-bond donors (Lipinski definition) is 1. The molecule has 0 saturated heterocycles. The number of nitrogens with one attached hydrogen (secondary N) is 1. The molecule has 0 unspecified atom stereocenters. The van der Waals surface area contributed by atoms with Crippen LogP contribution in [0.1, 0.15) is 11.3 Å². The summed E-state index contributed by atoms with van der Waals surface area (Å²) in [6, 6.07) is 7.59. The molecule has 3 rings (SSSR count). The molecule has 0 spiro atoms. The molecule has 106 valence electrons. The summed E-state index contributed by atoms with van der Waals surface area (Å²) >= 11 is 1.54. The van der Waals surface area contributed by atoms with Gasteiger partial charge in [0.25, 0.3) is 0 Å². The summed E-state index contributed by atoms with van der Waals surface area (Å²) in [6.07, 6.45) is 5.25. The number of hydrogen-bond acceptors (Lipinski definition) is 6. The van der Waals surface area contributed by atoms with Gasteiger partial charge in [0.15, 0.2) is 16.7 Å². The highest BCUT2D eigenvalue weighted by atomic mass is 32.1. The molecule has 0 aromatic carbocycles. The van der Waals surface area contributed by atoms with Gasteiger partial charge in [-0.25, -0.2) is 9.97 Å². The molecule has 3 aromatic heterocycles. The zero-order valence-corrected chi connectivity index (χ0v) is 12.3. The van der Waals surface area contributed by atoms with Crippen molar-refractivity contribution >= 4 is 22.3 Å². The zero-order chi connectivity index (χ0) is 14.5. The topological polar surface area (TPSA) is 59.9 Å². The van der Waals surface area contributed by atoms with E-state index in [1.807, 2.05) is 36.6 Å². The molecular formula is C15H14N4OS. The van der Waals surface area contributed by atoms with E-state index in [2.05, 4.69) is 20.3 Å². The summed E-state index contributed by atoms with van der Waals surface area (Å²) in [7, 11) is 0. The van der Waals surface area contributed by atoms with Crippen LogP contribution in [0.25, 0.3) is 0 Å². The maximum absolute atomic E-state index is 5.81. The van der Waals surface area contributed by atoms with E-state index in [0.717, 1.165) is 16.4 Å². The Balaban J connectivity index is 1.73. The van der Waals surface area contributed by atoms with Crippen molar-refractivity contribution in [2.24, 2.45) is 0 Å². The van der Waals surface area contributed by atoms with E-state index < -0.39 is 0 Å². The fraction of sp³-hybridized carbons (Fsp3) is 0.133. The van der Waals surface area contributed by atoms with Gasteiger partial charge in [0.1, 0.15) is 6.61 Å². The fourth-order valence-corrected chi connectivity index (χ4v) is 2.45. The van der Waals surface area contributed by atoms with Crippen LogP contribution in [0, 0.1) is 6.92 Å². The molecule has 0 fully saturated rings. The molecule has 3 heterocycles. The van der Waals surface area contributed by atoms with Crippen LogP contribution in [0.3, 0.4) is 0 Å². The number of rotatable bonds is 5. The van der Waals surface area contributed by atoms with Crippen molar-refractivity contribution in [2.45, 2.75) is 13.5 Å². The third-order valence-electron chi connectivity index (χ3n) is 2.73. The number of aromatic nitrogens is 3. The predicted molar refractivity (Wildman–Crippen MR) is 82.9 cm³/mol. The molecule has 21 heavy (non-hydrogen) atoms. The van der Waals surface area contributed by atoms with Gasteiger partial charge in [0.2, 0.25) is 0 Å². The van der Waals surface area contributed by atoms with Crippen molar-refractivity contribution < 1.29 is 4.74 Å². The number of ether oxygens (including phenoxy) is 1. The van der Waals surface area contributed by atoms with Crippen LogP contribution in [0.2, 0.25) is 0 Å². The standard InChI is InChI=1S/C15H14N4OS/c1-11-10-21-15(18-11)19-14-13(5-3-7-17-14)20-9-12-4-2-6-16-8-12/h2-8,10H,9H2,1H3,(H,17,18,19). The molecule has 0 amide bonds. The lowest BCUT2D eigenvalue weighted by molar-refractivity contribution is 0.306. The first-order chi connectivity index (χ1) is 10.3. The van der Waals surface area contributed by atoms with E-state index in [0.29, 0.717) is 18.2 Å². The van der Waals surface area contributed by atoms with Crippen LogP contribution in [0.15, 0.2) is 48.2 Å². The fourth-order valence-electron chi connectivity index (χ4n) is 1.76. The third kappa shape index (κ3) is 3.55. The van der Waals surface area contributed by atoms with Gasteiger partial charge >= 0.3 is 0 Å². The van der Waals surface area contributed by atoms with Crippen LogP contribution in [0.4, 0.5) is 10.9 Å². The minimum Gasteiger partial charge on any atom is -0.485 e. The highest BCUT2D eigenvalue weighted by molar-refractivity contribution is 7.13. The first-order valence-corrected chi connectivity index (χ1v) is 7.35. The number of pyridine rings is 2. The van der Waals surface area contributed by atoms with Gasteiger partial charge in [-0.3, -0.25) is 4.98 Å². The van der Waals surface area contributed by atoms with E-state index in [9.17, 15) is 0 Å². The number of aryl methyl sites for hydroxylation is 1. The smallest absolute Gasteiger partial charge is 0.188 e. The van der Waals surface area contributed by atoms with E-state index in [1.54, 1.807) is 18.6 Å². The first kappa shape index (κ1) is 13.5. The Bertz CT molecular complexity index is 714. The molecule has 5 nitrogen and oxygen atoms in total. The number of nitrogens with zero attached hydrogens (tertiary/aromatic N) is 3. The molecule has 1 N–H and O–H groups in total. The molecule has 0 aliphatic heterocycles. The van der Waals surface area contributed by atoms with Crippen LogP contribution in [-0.4, -0.2) is 15.0 Å². The number of anilines is 2. The summed E-state index contributed by atoms with van der Waals surface area (Å²) in [4.78, 5) is 12.7. The zero-order valence-electron chi connectivity index (χ0n) is 11.5. The Hall–Kier alpha value is -2.47. The molecule has 0 bridgehead atoms. The molecule has 3 aromatic rings. The molecule has 6 heteroatoms. The van der Waals surface area contributed by atoms with Gasteiger partial charge in [-0.1, -0.05) is 6.07 Å². The van der Waals surface area contributed by atoms with Crippen molar-refractivity contribution in [1.29, 1.82) is 0 Å².